The second kappa shape index (κ2) is 6.72. The van der Waals surface area contributed by atoms with E-state index in [1.165, 1.54) is 22.2 Å². The number of hydrogen-bond acceptors (Lipinski definition) is 3. The monoisotopic (exact) mass is 315 g/mol. The minimum absolute atomic E-state index is 0.0580. The second-order valence-electron chi connectivity index (χ2n) is 6.43. The van der Waals surface area contributed by atoms with Gasteiger partial charge in [0.25, 0.3) is 0 Å². The number of nitrogens with one attached hydrogen (secondary N) is 3. The molecular weight excluding hydrogens is 290 g/mol. The van der Waals surface area contributed by atoms with Crippen molar-refractivity contribution in [2.75, 3.05) is 19.8 Å². The number of carbonyl (C=O) groups excluding carboxylic acids is 1. The molecule has 0 saturated carbocycles. The molecule has 5 heteroatoms. The summed E-state index contributed by atoms with van der Waals surface area (Å²) in [6.07, 6.45) is 0.456. The van der Waals surface area contributed by atoms with Crippen LogP contribution in [0.15, 0.2) is 12.1 Å². The molecule has 0 radical (unpaired) electrons. The van der Waals surface area contributed by atoms with Crippen molar-refractivity contribution in [3.05, 3.63) is 34.5 Å². The van der Waals surface area contributed by atoms with Gasteiger partial charge in [-0.15, -0.1) is 0 Å². The number of aromatic amines is 1. The van der Waals surface area contributed by atoms with Gasteiger partial charge in [0.05, 0.1) is 18.7 Å². The molecule has 1 unspecified atom stereocenters. The summed E-state index contributed by atoms with van der Waals surface area (Å²) < 4.78 is 5.39. The van der Waals surface area contributed by atoms with Crippen molar-refractivity contribution in [1.29, 1.82) is 0 Å². The van der Waals surface area contributed by atoms with Crippen molar-refractivity contribution in [3.63, 3.8) is 0 Å². The molecule has 5 nitrogen and oxygen atoms in total. The van der Waals surface area contributed by atoms with Crippen LogP contribution >= 0.6 is 0 Å². The van der Waals surface area contributed by atoms with E-state index in [-0.39, 0.29) is 11.9 Å². The number of H-pyrrole nitrogens is 1. The summed E-state index contributed by atoms with van der Waals surface area (Å²) in [5.74, 6) is 0.0580. The predicted molar refractivity (Wildman–Crippen MR) is 91.6 cm³/mol. The van der Waals surface area contributed by atoms with Gasteiger partial charge in [-0.25, -0.2) is 0 Å². The normalized spacial score (nSPS) is 18.3. The van der Waals surface area contributed by atoms with Gasteiger partial charge in [-0.2, -0.15) is 0 Å². The molecule has 0 aliphatic carbocycles. The number of morpholine rings is 1. The number of aryl methyl sites for hydroxylation is 3. The van der Waals surface area contributed by atoms with Gasteiger partial charge in [0.1, 0.15) is 0 Å². The van der Waals surface area contributed by atoms with Crippen molar-refractivity contribution < 1.29 is 9.53 Å². The van der Waals surface area contributed by atoms with E-state index in [1.54, 1.807) is 0 Å². The van der Waals surface area contributed by atoms with Crippen LogP contribution in [0.4, 0.5) is 0 Å². The van der Waals surface area contributed by atoms with Gasteiger partial charge in [0, 0.05) is 36.6 Å². The third-order valence-electron chi connectivity index (χ3n) is 4.55. The maximum atomic E-state index is 12.2. The van der Waals surface area contributed by atoms with E-state index in [0.717, 1.165) is 24.2 Å². The van der Waals surface area contributed by atoms with Gasteiger partial charge < -0.3 is 20.4 Å². The van der Waals surface area contributed by atoms with E-state index in [1.807, 2.05) is 0 Å². The molecule has 23 heavy (non-hydrogen) atoms. The molecule has 1 aliphatic heterocycles. The summed E-state index contributed by atoms with van der Waals surface area (Å²) in [5, 5.41) is 7.59. The van der Waals surface area contributed by atoms with Crippen LogP contribution in [0.5, 0.6) is 0 Å². The zero-order chi connectivity index (χ0) is 16.4. The molecule has 2 heterocycles. The van der Waals surface area contributed by atoms with Crippen LogP contribution in [0.3, 0.4) is 0 Å². The molecule has 1 aromatic carbocycles. The molecule has 3 rings (SSSR count). The van der Waals surface area contributed by atoms with E-state index >= 15 is 0 Å². The van der Waals surface area contributed by atoms with Crippen molar-refractivity contribution >= 4 is 16.8 Å². The molecular formula is C18H25N3O2. The third-order valence-corrected chi connectivity index (χ3v) is 4.55. The number of fused-ring (bicyclic) bond motifs is 1. The molecule has 3 N–H and O–H groups in total. The number of carbonyl (C=O) groups is 1. The molecule has 0 spiro atoms. The fourth-order valence-corrected chi connectivity index (χ4v) is 3.17. The summed E-state index contributed by atoms with van der Waals surface area (Å²) in [5.41, 5.74) is 5.94. The van der Waals surface area contributed by atoms with E-state index in [4.69, 9.17) is 4.74 Å². The van der Waals surface area contributed by atoms with Crippen molar-refractivity contribution in [2.24, 2.45) is 0 Å². The molecule has 1 aliphatic rings. The lowest BCUT2D eigenvalue weighted by Gasteiger charge is -2.23. The van der Waals surface area contributed by atoms with Crippen LogP contribution in [-0.2, 0) is 16.1 Å². The average molecular weight is 315 g/mol. The van der Waals surface area contributed by atoms with Crippen LogP contribution in [0.1, 0.15) is 28.8 Å². The van der Waals surface area contributed by atoms with E-state index < -0.39 is 0 Å². The summed E-state index contributed by atoms with van der Waals surface area (Å²) >= 11 is 0. The Labute approximate surface area is 136 Å². The Morgan fingerprint density at radius 2 is 2.17 bits per heavy atom. The van der Waals surface area contributed by atoms with Crippen LogP contribution in [0.2, 0.25) is 0 Å². The van der Waals surface area contributed by atoms with Crippen LogP contribution in [0, 0.1) is 20.8 Å². The highest BCUT2D eigenvalue weighted by molar-refractivity contribution is 5.88. The van der Waals surface area contributed by atoms with Crippen molar-refractivity contribution in [2.45, 2.75) is 39.8 Å². The Morgan fingerprint density at radius 3 is 2.91 bits per heavy atom. The van der Waals surface area contributed by atoms with Gasteiger partial charge in [0.15, 0.2) is 0 Å². The van der Waals surface area contributed by atoms with E-state index in [9.17, 15) is 4.79 Å². The average Bonchev–Trinajstić information content (AvgIpc) is 2.82. The predicted octanol–water partition coefficient (Wildman–Crippen LogP) is 2.09. The lowest BCUT2D eigenvalue weighted by molar-refractivity contribution is -0.122. The Kier molecular flexibility index (Phi) is 4.68. The topological polar surface area (TPSA) is 66.2 Å². The fourth-order valence-electron chi connectivity index (χ4n) is 3.17. The number of amides is 1. The van der Waals surface area contributed by atoms with Crippen LogP contribution in [0.25, 0.3) is 10.9 Å². The number of aromatic nitrogens is 1. The molecule has 1 aromatic heterocycles. The lowest BCUT2D eigenvalue weighted by atomic mass is 10.0. The first-order valence-corrected chi connectivity index (χ1v) is 8.21. The minimum Gasteiger partial charge on any atom is -0.378 e. The van der Waals surface area contributed by atoms with Gasteiger partial charge in [-0.1, -0.05) is 11.6 Å². The minimum atomic E-state index is 0.0580. The molecule has 1 saturated heterocycles. The molecule has 2 aromatic rings. The highest BCUT2D eigenvalue weighted by Gasteiger charge is 2.17. The zero-order valence-electron chi connectivity index (χ0n) is 14.1. The fraction of sp³-hybridized carbons (Fsp3) is 0.500. The Morgan fingerprint density at radius 1 is 1.35 bits per heavy atom. The summed E-state index contributed by atoms with van der Waals surface area (Å²) in [7, 11) is 0. The van der Waals surface area contributed by atoms with Gasteiger partial charge in [0.2, 0.25) is 5.91 Å². The molecule has 1 fully saturated rings. The highest BCUT2D eigenvalue weighted by atomic mass is 16.5. The Balaban J connectivity index is 1.69. The summed E-state index contributed by atoms with van der Waals surface area (Å²) in [6, 6.07) is 4.46. The molecule has 0 bridgehead atoms. The Bertz CT molecular complexity index is 715. The van der Waals surface area contributed by atoms with Crippen LogP contribution < -0.4 is 10.6 Å². The summed E-state index contributed by atoms with van der Waals surface area (Å²) in [4.78, 5) is 15.6. The van der Waals surface area contributed by atoms with Crippen molar-refractivity contribution in [3.8, 4) is 0 Å². The van der Waals surface area contributed by atoms with Gasteiger partial charge in [-0.3, -0.25) is 4.79 Å². The second-order valence-corrected chi connectivity index (χ2v) is 6.43. The van der Waals surface area contributed by atoms with E-state index in [0.29, 0.717) is 19.6 Å². The third kappa shape index (κ3) is 3.57. The number of rotatable bonds is 4. The summed E-state index contributed by atoms with van der Waals surface area (Å²) in [6.45, 7) is 9.01. The first kappa shape index (κ1) is 16.0. The van der Waals surface area contributed by atoms with Gasteiger partial charge >= 0.3 is 0 Å². The number of hydrogen-bond donors (Lipinski definition) is 3. The zero-order valence-corrected chi connectivity index (χ0v) is 14.1. The molecule has 1 amide bonds. The SMILES string of the molecule is Cc1cc(CNC(=O)CC2COCCN2)c2[nH]c(C)c(C)c2c1. The number of ether oxygens (including phenoxy) is 1. The smallest absolute Gasteiger partial charge is 0.221 e. The van der Waals surface area contributed by atoms with Crippen molar-refractivity contribution in [1.82, 2.24) is 15.6 Å². The van der Waals surface area contributed by atoms with Crippen LogP contribution in [-0.4, -0.2) is 36.7 Å². The van der Waals surface area contributed by atoms with Gasteiger partial charge in [-0.05, 0) is 38.0 Å². The lowest BCUT2D eigenvalue weighted by Crippen LogP contribution is -2.44. The maximum Gasteiger partial charge on any atom is 0.221 e. The number of benzene rings is 1. The largest absolute Gasteiger partial charge is 0.378 e. The molecule has 124 valence electrons. The first-order valence-electron chi connectivity index (χ1n) is 8.21. The maximum absolute atomic E-state index is 12.2. The first-order chi connectivity index (χ1) is 11.0. The quantitative estimate of drug-likeness (QED) is 0.809. The Hall–Kier alpha value is -1.85. The molecule has 1 atom stereocenters. The standard InChI is InChI=1S/C18H25N3O2/c1-11-6-14(18-16(7-11)12(2)13(3)21-18)9-20-17(22)8-15-10-23-5-4-19-15/h6-7,15,19,21H,4-5,8-10H2,1-3H3,(H,20,22). The highest BCUT2D eigenvalue weighted by Crippen LogP contribution is 2.26. The van der Waals surface area contributed by atoms with E-state index in [2.05, 4.69) is 48.5 Å².